The van der Waals surface area contributed by atoms with Crippen LogP contribution in [0.25, 0.3) is 0 Å². The number of halogens is 2. The van der Waals surface area contributed by atoms with Gasteiger partial charge in [0.2, 0.25) is 10.0 Å². The summed E-state index contributed by atoms with van der Waals surface area (Å²) in [5.41, 5.74) is 1.71. The van der Waals surface area contributed by atoms with E-state index in [1.807, 2.05) is 6.07 Å². The van der Waals surface area contributed by atoms with Crippen molar-refractivity contribution in [3.05, 3.63) is 65.5 Å². The first-order valence-corrected chi connectivity index (χ1v) is 10.2. The van der Waals surface area contributed by atoms with Crippen LogP contribution in [0.5, 0.6) is 0 Å². The van der Waals surface area contributed by atoms with Gasteiger partial charge in [0.15, 0.2) is 5.96 Å². The van der Waals surface area contributed by atoms with Gasteiger partial charge in [0, 0.05) is 33.8 Å². The molecule has 0 aliphatic rings. The molecule has 2 aromatic carbocycles. The fourth-order valence-corrected chi connectivity index (χ4v) is 3.46. The van der Waals surface area contributed by atoms with Crippen LogP contribution >= 0.6 is 24.0 Å². The zero-order chi connectivity index (χ0) is 20.4. The number of aliphatic imine (C=N–C) groups is 1. The molecular formula is C19H26FIN4O3S. The molecule has 2 rings (SSSR count). The van der Waals surface area contributed by atoms with Crippen molar-refractivity contribution < 1.29 is 17.5 Å². The molecule has 0 bridgehead atoms. The van der Waals surface area contributed by atoms with Gasteiger partial charge in [-0.05, 0) is 35.4 Å². The molecule has 10 heteroatoms. The maximum absolute atomic E-state index is 13.0. The number of nitrogens with zero attached hydrogens (tertiary/aromatic N) is 1. The second-order valence-corrected chi connectivity index (χ2v) is 7.71. The summed E-state index contributed by atoms with van der Waals surface area (Å²) in [7, 11) is -0.432. The minimum atomic E-state index is -3.58. The molecule has 2 aromatic rings. The molecule has 0 heterocycles. The van der Waals surface area contributed by atoms with Crippen molar-refractivity contribution in [2.24, 2.45) is 4.99 Å². The number of nitrogens with one attached hydrogen (secondary N) is 3. The van der Waals surface area contributed by atoms with Crippen molar-refractivity contribution in [1.82, 2.24) is 15.4 Å². The number of hydrogen-bond acceptors (Lipinski definition) is 4. The summed E-state index contributed by atoms with van der Waals surface area (Å²) in [6.07, 6.45) is 0. The fourth-order valence-electron chi connectivity index (χ4n) is 2.38. The van der Waals surface area contributed by atoms with E-state index in [0.29, 0.717) is 25.7 Å². The fraction of sp³-hybridized carbons (Fsp3) is 0.316. The summed E-state index contributed by atoms with van der Waals surface area (Å²) < 4.78 is 44.9. The zero-order valence-corrected chi connectivity index (χ0v) is 19.5. The Bertz CT molecular complexity index is 893. The smallest absolute Gasteiger partial charge is 0.240 e. The number of guanidine groups is 1. The molecular weight excluding hydrogens is 510 g/mol. The number of benzene rings is 2. The second kappa shape index (κ2) is 12.7. The van der Waals surface area contributed by atoms with Crippen LogP contribution in [0.2, 0.25) is 0 Å². The van der Waals surface area contributed by atoms with Crippen LogP contribution in [-0.4, -0.2) is 41.7 Å². The molecule has 0 saturated heterocycles. The third-order valence-corrected chi connectivity index (χ3v) is 5.32. The van der Waals surface area contributed by atoms with Crippen LogP contribution in [0.1, 0.15) is 11.1 Å². The first-order chi connectivity index (χ1) is 13.4. The molecule has 0 spiro atoms. The van der Waals surface area contributed by atoms with Crippen molar-refractivity contribution in [3.8, 4) is 0 Å². The van der Waals surface area contributed by atoms with Gasteiger partial charge in [-0.2, -0.15) is 0 Å². The minimum absolute atomic E-state index is 0. The molecule has 0 aliphatic carbocycles. The molecule has 7 nitrogen and oxygen atoms in total. The normalized spacial score (nSPS) is 11.6. The number of hydrogen-bond donors (Lipinski definition) is 3. The quantitative estimate of drug-likeness (QED) is 0.198. The maximum Gasteiger partial charge on any atom is 0.240 e. The largest absolute Gasteiger partial charge is 0.383 e. The summed E-state index contributed by atoms with van der Waals surface area (Å²) >= 11 is 0. The predicted octanol–water partition coefficient (Wildman–Crippen LogP) is 2.23. The van der Waals surface area contributed by atoms with E-state index in [0.717, 1.165) is 11.1 Å². The van der Waals surface area contributed by atoms with Gasteiger partial charge in [0.1, 0.15) is 5.82 Å². The SMILES string of the molecule is CN=C(NCc1ccc(F)cc1)NCc1cccc(S(=O)(=O)NCCOC)c1.I. The van der Waals surface area contributed by atoms with Crippen LogP contribution in [0, 0.1) is 5.82 Å². The third kappa shape index (κ3) is 8.64. The van der Waals surface area contributed by atoms with E-state index in [4.69, 9.17) is 4.74 Å². The highest BCUT2D eigenvalue weighted by Crippen LogP contribution is 2.11. The number of sulfonamides is 1. The third-order valence-electron chi connectivity index (χ3n) is 3.86. The molecule has 0 unspecified atom stereocenters. The average Bonchev–Trinajstić information content (AvgIpc) is 2.70. The van der Waals surface area contributed by atoms with Crippen molar-refractivity contribution >= 4 is 40.0 Å². The van der Waals surface area contributed by atoms with E-state index in [1.54, 1.807) is 37.4 Å². The molecule has 29 heavy (non-hydrogen) atoms. The number of methoxy groups -OCH3 is 1. The van der Waals surface area contributed by atoms with Gasteiger partial charge in [-0.1, -0.05) is 24.3 Å². The Kier molecular flexibility index (Phi) is 11.1. The second-order valence-electron chi connectivity index (χ2n) is 5.94. The van der Waals surface area contributed by atoms with Gasteiger partial charge in [0.05, 0.1) is 11.5 Å². The lowest BCUT2D eigenvalue weighted by atomic mass is 10.2. The van der Waals surface area contributed by atoms with Crippen LogP contribution < -0.4 is 15.4 Å². The monoisotopic (exact) mass is 536 g/mol. The molecule has 0 amide bonds. The Morgan fingerprint density at radius 2 is 1.72 bits per heavy atom. The number of ether oxygens (including phenoxy) is 1. The highest BCUT2D eigenvalue weighted by molar-refractivity contribution is 14.0. The summed E-state index contributed by atoms with van der Waals surface area (Å²) in [5.74, 6) is 0.272. The molecule has 0 saturated carbocycles. The molecule has 0 fully saturated rings. The maximum atomic E-state index is 13.0. The van der Waals surface area contributed by atoms with Crippen molar-refractivity contribution in [1.29, 1.82) is 0 Å². The lowest BCUT2D eigenvalue weighted by molar-refractivity contribution is 0.204. The lowest BCUT2D eigenvalue weighted by Gasteiger charge is -2.13. The van der Waals surface area contributed by atoms with E-state index in [9.17, 15) is 12.8 Å². The van der Waals surface area contributed by atoms with Gasteiger partial charge >= 0.3 is 0 Å². The molecule has 0 aliphatic heterocycles. The predicted molar refractivity (Wildman–Crippen MR) is 122 cm³/mol. The zero-order valence-electron chi connectivity index (χ0n) is 16.3. The van der Waals surface area contributed by atoms with Crippen molar-refractivity contribution in [2.75, 3.05) is 27.3 Å². The summed E-state index contributed by atoms with van der Waals surface area (Å²) in [4.78, 5) is 4.32. The highest BCUT2D eigenvalue weighted by Gasteiger charge is 2.13. The minimum Gasteiger partial charge on any atom is -0.383 e. The van der Waals surface area contributed by atoms with Crippen LogP contribution in [0.3, 0.4) is 0 Å². The van der Waals surface area contributed by atoms with E-state index in [1.165, 1.54) is 19.2 Å². The Hall–Kier alpha value is -1.76. The first kappa shape index (κ1) is 25.3. The molecule has 0 atom stereocenters. The summed E-state index contributed by atoms with van der Waals surface area (Å²) in [5, 5.41) is 6.25. The first-order valence-electron chi connectivity index (χ1n) is 8.71. The van der Waals surface area contributed by atoms with E-state index >= 15 is 0 Å². The molecule has 0 aromatic heterocycles. The Morgan fingerprint density at radius 1 is 1.07 bits per heavy atom. The van der Waals surface area contributed by atoms with Gasteiger partial charge in [-0.25, -0.2) is 17.5 Å². The van der Waals surface area contributed by atoms with Crippen molar-refractivity contribution in [3.63, 3.8) is 0 Å². The topological polar surface area (TPSA) is 91.8 Å². The van der Waals surface area contributed by atoms with E-state index in [2.05, 4.69) is 20.3 Å². The molecule has 3 N–H and O–H groups in total. The van der Waals surface area contributed by atoms with Gasteiger partial charge < -0.3 is 15.4 Å². The Labute approximate surface area is 188 Å². The van der Waals surface area contributed by atoms with Crippen molar-refractivity contribution in [2.45, 2.75) is 18.0 Å². The van der Waals surface area contributed by atoms with E-state index < -0.39 is 10.0 Å². The van der Waals surface area contributed by atoms with Crippen LogP contribution in [0.15, 0.2) is 58.4 Å². The number of rotatable bonds is 9. The Morgan fingerprint density at radius 3 is 2.34 bits per heavy atom. The van der Waals surface area contributed by atoms with Crippen LogP contribution in [-0.2, 0) is 27.8 Å². The van der Waals surface area contributed by atoms with Gasteiger partial charge in [0.25, 0.3) is 0 Å². The van der Waals surface area contributed by atoms with Gasteiger partial charge in [-0.15, -0.1) is 24.0 Å². The lowest BCUT2D eigenvalue weighted by Crippen LogP contribution is -2.36. The average molecular weight is 536 g/mol. The molecule has 0 radical (unpaired) electrons. The van der Waals surface area contributed by atoms with E-state index in [-0.39, 0.29) is 41.2 Å². The van der Waals surface area contributed by atoms with Gasteiger partial charge in [-0.3, -0.25) is 4.99 Å². The molecule has 160 valence electrons. The summed E-state index contributed by atoms with van der Waals surface area (Å²) in [6.45, 7) is 1.39. The summed E-state index contributed by atoms with van der Waals surface area (Å²) in [6, 6.07) is 12.9. The van der Waals surface area contributed by atoms with Crippen LogP contribution in [0.4, 0.5) is 4.39 Å². The Balaban J connectivity index is 0.00000420. The standard InChI is InChI=1S/C19H25FN4O3S.HI/c1-21-19(22-13-15-6-8-17(20)9-7-15)23-14-16-4-3-5-18(12-16)28(25,26)24-10-11-27-2;/h3-9,12,24H,10-11,13-14H2,1-2H3,(H2,21,22,23);1H. The highest BCUT2D eigenvalue weighted by atomic mass is 127.